The molecule has 2 heteroatoms. The maximum atomic E-state index is 11.7. The predicted molar refractivity (Wildman–Crippen MR) is 69.5 cm³/mol. The molecular weight excluding hydrogens is 212 g/mol. The molecule has 1 rings (SSSR count). The second kappa shape index (κ2) is 7.66. The molecule has 1 aromatic carbocycles. The van der Waals surface area contributed by atoms with E-state index in [-0.39, 0.29) is 11.9 Å². The van der Waals surface area contributed by atoms with Crippen LogP contribution in [0.2, 0.25) is 0 Å². The number of esters is 1. The largest absolute Gasteiger partial charge is 0.461 e. The van der Waals surface area contributed by atoms with Gasteiger partial charge in [-0.05, 0) is 18.4 Å². The third kappa shape index (κ3) is 5.34. The smallest absolute Gasteiger partial charge is 0.309 e. The lowest BCUT2D eigenvalue weighted by molar-refractivity contribution is -0.149. The summed E-state index contributed by atoms with van der Waals surface area (Å²) >= 11 is 0. The summed E-state index contributed by atoms with van der Waals surface area (Å²) in [5.74, 6) is -0.198. The van der Waals surface area contributed by atoms with Crippen LogP contribution in [-0.2, 0) is 16.1 Å². The molecule has 0 bridgehead atoms. The predicted octanol–water partition coefficient (Wildman–Crippen LogP) is 3.72. The second-order valence-corrected chi connectivity index (χ2v) is 4.11. The number of carbonyl (C=O) groups is 1. The monoisotopic (exact) mass is 232 g/mol. The van der Waals surface area contributed by atoms with Crippen molar-refractivity contribution in [2.24, 2.45) is 5.92 Å². The van der Waals surface area contributed by atoms with E-state index in [2.05, 4.69) is 13.0 Å². The molecule has 0 aliphatic heterocycles. The molecule has 1 aromatic rings. The molecule has 1 atom stereocenters. The van der Waals surface area contributed by atoms with Gasteiger partial charge in [0.15, 0.2) is 0 Å². The quantitative estimate of drug-likeness (QED) is 0.552. The van der Waals surface area contributed by atoms with E-state index in [1.165, 1.54) is 0 Å². The van der Waals surface area contributed by atoms with Crippen molar-refractivity contribution in [3.8, 4) is 0 Å². The number of rotatable bonds is 6. The fourth-order valence-electron chi connectivity index (χ4n) is 1.43. The normalized spacial score (nSPS) is 12.6. The van der Waals surface area contributed by atoms with Gasteiger partial charge >= 0.3 is 5.97 Å². The van der Waals surface area contributed by atoms with Crippen molar-refractivity contribution in [1.29, 1.82) is 0 Å². The van der Waals surface area contributed by atoms with Crippen molar-refractivity contribution in [2.45, 2.75) is 33.3 Å². The van der Waals surface area contributed by atoms with Gasteiger partial charge in [0.05, 0.1) is 5.92 Å². The highest BCUT2D eigenvalue weighted by atomic mass is 16.5. The molecule has 0 aliphatic carbocycles. The van der Waals surface area contributed by atoms with Gasteiger partial charge in [-0.25, -0.2) is 0 Å². The zero-order chi connectivity index (χ0) is 12.5. The van der Waals surface area contributed by atoms with Crippen LogP contribution in [0.5, 0.6) is 0 Å². The number of benzene rings is 1. The van der Waals surface area contributed by atoms with E-state index in [0.717, 1.165) is 18.4 Å². The minimum atomic E-state index is -0.130. The molecule has 0 saturated carbocycles. The molecule has 0 spiro atoms. The van der Waals surface area contributed by atoms with Gasteiger partial charge in [-0.2, -0.15) is 0 Å². The molecule has 92 valence electrons. The summed E-state index contributed by atoms with van der Waals surface area (Å²) < 4.78 is 5.25. The minimum Gasteiger partial charge on any atom is -0.461 e. The molecule has 2 nitrogen and oxygen atoms in total. The average Bonchev–Trinajstić information content (AvgIpc) is 2.37. The summed E-state index contributed by atoms with van der Waals surface area (Å²) in [5, 5.41) is 0. The molecule has 17 heavy (non-hydrogen) atoms. The average molecular weight is 232 g/mol. The van der Waals surface area contributed by atoms with E-state index in [1.807, 2.05) is 43.3 Å². The number of hydrogen-bond donors (Lipinski definition) is 0. The molecule has 0 radical (unpaired) electrons. The van der Waals surface area contributed by atoms with Crippen LogP contribution in [0.25, 0.3) is 0 Å². The van der Waals surface area contributed by atoms with Crippen LogP contribution in [0.3, 0.4) is 0 Å². The van der Waals surface area contributed by atoms with Gasteiger partial charge in [0.2, 0.25) is 0 Å². The summed E-state index contributed by atoms with van der Waals surface area (Å²) in [6, 6.07) is 9.74. The van der Waals surface area contributed by atoms with Crippen molar-refractivity contribution in [3.05, 3.63) is 48.0 Å². The Balaban J connectivity index is 2.32. The maximum absolute atomic E-state index is 11.7. The van der Waals surface area contributed by atoms with Gasteiger partial charge in [0.25, 0.3) is 0 Å². The zero-order valence-corrected chi connectivity index (χ0v) is 10.6. The topological polar surface area (TPSA) is 26.3 Å². The van der Waals surface area contributed by atoms with Gasteiger partial charge in [0, 0.05) is 0 Å². The molecule has 0 heterocycles. The van der Waals surface area contributed by atoms with Gasteiger partial charge < -0.3 is 4.74 Å². The Labute approximate surface area is 103 Å². The Hall–Kier alpha value is -1.57. The summed E-state index contributed by atoms with van der Waals surface area (Å²) in [4.78, 5) is 11.7. The maximum Gasteiger partial charge on any atom is 0.309 e. The minimum absolute atomic E-state index is 0.0680. The third-order valence-electron chi connectivity index (χ3n) is 2.52. The van der Waals surface area contributed by atoms with Crippen LogP contribution in [0.1, 0.15) is 32.3 Å². The van der Waals surface area contributed by atoms with E-state index >= 15 is 0 Å². The molecular formula is C15H20O2. The molecule has 0 aliphatic rings. The Bertz CT molecular complexity index is 354. The van der Waals surface area contributed by atoms with Crippen LogP contribution < -0.4 is 0 Å². The first-order valence-electron chi connectivity index (χ1n) is 6.09. The van der Waals surface area contributed by atoms with Crippen LogP contribution in [0.4, 0.5) is 0 Å². The molecule has 0 amide bonds. The summed E-state index contributed by atoms with van der Waals surface area (Å²) in [5.41, 5.74) is 1.03. The summed E-state index contributed by atoms with van der Waals surface area (Å²) in [6.07, 6.45) is 5.86. The van der Waals surface area contributed by atoms with E-state index in [1.54, 1.807) is 0 Å². The van der Waals surface area contributed by atoms with Crippen molar-refractivity contribution in [2.75, 3.05) is 0 Å². The van der Waals surface area contributed by atoms with Gasteiger partial charge in [-0.15, -0.1) is 0 Å². The van der Waals surface area contributed by atoms with Gasteiger partial charge in [-0.1, -0.05) is 56.3 Å². The summed E-state index contributed by atoms with van der Waals surface area (Å²) in [7, 11) is 0. The Morgan fingerprint density at radius 2 is 2.00 bits per heavy atom. The van der Waals surface area contributed by atoms with Crippen molar-refractivity contribution in [1.82, 2.24) is 0 Å². The highest BCUT2D eigenvalue weighted by molar-refractivity contribution is 5.72. The van der Waals surface area contributed by atoms with Crippen molar-refractivity contribution in [3.63, 3.8) is 0 Å². The molecule has 0 saturated heterocycles. The highest BCUT2D eigenvalue weighted by Crippen LogP contribution is 2.08. The SMILES string of the molecule is CC/C=C/CC(C)C(=O)OCc1ccccc1. The van der Waals surface area contributed by atoms with E-state index in [9.17, 15) is 4.79 Å². The van der Waals surface area contributed by atoms with Gasteiger partial charge in [-0.3, -0.25) is 4.79 Å². The lowest BCUT2D eigenvalue weighted by atomic mass is 10.1. The van der Waals surface area contributed by atoms with Crippen LogP contribution in [0.15, 0.2) is 42.5 Å². The molecule has 0 N–H and O–H groups in total. The number of hydrogen-bond acceptors (Lipinski definition) is 2. The van der Waals surface area contributed by atoms with E-state index in [4.69, 9.17) is 4.74 Å². The zero-order valence-electron chi connectivity index (χ0n) is 10.6. The third-order valence-corrected chi connectivity index (χ3v) is 2.52. The fourth-order valence-corrected chi connectivity index (χ4v) is 1.43. The Morgan fingerprint density at radius 1 is 1.29 bits per heavy atom. The van der Waals surface area contributed by atoms with E-state index < -0.39 is 0 Å². The first-order chi connectivity index (χ1) is 8.24. The molecule has 0 aromatic heterocycles. The van der Waals surface area contributed by atoms with Crippen molar-refractivity contribution < 1.29 is 9.53 Å². The molecule has 0 fully saturated rings. The van der Waals surface area contributed by atoms with Crippen LogP contribution in [0, 0.1) is 5.92 Å². The summed E-state index contributed by atoms with van der Waals surface area (Å²) in [6.45, 7) is 4.34. The standard InChI is InChI=1S/C15H20O2/c1-3-4-6-9-13(2)15(16)17-12-14-10-7-5-8-11-14/h4-8,10-11,13H,3,9,12H2,1-2H3/b6-4+. The Kier molecular flexibility index (Phi) is 6.08. The highest BCUT2D eigenvalue weighted by Gasteiger charge is 2.12. The number of carbonyl (C=O) groups excluding carboxylic acids is 1. The fraction of sp³-hybridized carbons (Fsp3) is 0.400. The first kappa shape index (κ1) is 13.5. The Morgan fingerprint density at radius 3 is 2.65 bits per heavy atom. The lowest BCUT2D eigenvalue weighted by Crippen LogP contribution is -2.14. The molecule has 1 unspecified atom stereocenters. The second-order valence-electron chi connectivity index (χ2n) is 4.11. The van der Waals surface area contributed by atoms with Gasteiger partial charge in [0.1, 0.15) is 6.61 Å². The van der Waals surface area contributed by atoms with Crippen LogP contribution >= 0.6 is 0 Å². The van der Waals surface area contributed by atoms with Crippen LogP contribution in [-0.4, -0.2) is 5.97 Å². The number of ether oxygens (including phenoxy) is 1. The lowest BCUT2D eigenvalue weighted by Gasteiger charge is -2.09. The number of allylic oxidation sites excluding steroid dienone is 2. The first-order valence-corrected chi connectivity index (χ1v) is 6.09. The van der Waals surface area contributed by atoms with E-state index in [0.29, 0.717) is 6.61 Å². The van der Waals surface area contributed by atoms with Crippen molar-refractivity contribution >= 4 is 5.97 Å².